The molecule has 7 heteroatoms. The van der Waals surface area contributed by atoms with Gasteiger partial charge >= 0.3 is 0 Å². The number of nitrogens with zero attached hydrogens (tertiary/aromatic N) is 2. The van der Waals surface area contributed by atoms with Crippen LogP contribution in [0.1, 0.15) is 23.6 Å². The molecule has 0 aliphatic carbocycles. The normalized spacial score (nSPS) is 17.8. The van der Waals surface area contributed by atoms with Gasteiger partial charge in [0, 0.05) is 12.1 Å². The Labute approximate surface area is 187 Å². The number of benzene rings is 2. The molecule has 1 aliphatic rings. The summed E-state index contributed by atoms with van der Waals surface area (Å²) >= 11 is 0. The summed E-state index contributed by atoms with van der Waals surface area (Å²) in [4.78, 5) is 29.3. The van der Waals surface area contributed by atoms with Gasteiger partial charge in [0.2, 0.25) is 0 Å². The number of Topliss-reactive ketones (excluding diaryl/α,β-unsaturated/α-hetero) is 1. The molecule has 1 aliphatic heterocycles. The van der Waals surface area contributed by atoms with Gasteiger partial charge in [0.15, 0.2) is 0 Å². The van der Waals surface area contributed by atoms with Crippen LogP contribution in [-0.4, -0.2) is 60.4 Å². The number of amides is 1. The molecule has 3 rings (SSSR count). The number of carbonyl (C=O) groups is 2. The Bertz CT molecular complexity index is 1010. The largest absolute Gasteiger partial charge is 0.507 e. The molecular formula is C25H27FN2O4. The fourth-order valence-corrected chi connectivity index (χ4v) is 3.68. The summed E-state index contributed by atoms with van der Waals surface area (Å²) in [5.74, 6) is -1.58. The zero-order chi connectivity index (χ0) is 23.3. The lowest BCUT2D eigenvalue weighted by atomic mass is 9.95. The van der Waals surface area contributed by atoms with Crippen molar-refractivity contribution in [2.45, 2.75) is 12.5 Å². The van der Waals surface area contributed by atoms with Gasteiger partial charge < -0.3 is 19.6 Å². The lowest BCUT2D eigenvalue weighted by molar-refractivity contribution is -0.139. The highest BCUT2D eigenvalue weighted by Crippen LogP contribution is 2.39. The first-order valence-corrected chi connectivity index (χ1v) is 10.4. The Balaban J connectivity index is 2.04. The lowest BCUT2D eigenvalue weighted by Gasteiger charge is -2.26. The molecule has 1 saturated heterocycles. The van der Waals surface area contributed by atoms with Crippen molar-refractivity contribution in [1.29, 1.82) is 0 Å². The van der Waals surface area contributed by atoms with Crippen molar-refractivity contribution in [3.63, 3.8) is 0 Å². The van der Waals surface area contributed by atoms with Crippen molar-refractivity contribution in [2.75, 3.05) is 33.8 Å². The van der Waals surface area contributed by atoms with E-state index in [2.05, 4.69) is 6.58 Å². The second-order valence-corrected chi connectivity index (χ2v) is 7.82. The van der Waals surface area contributed by atoms with Gasteiger partial charge in [-0.2, -0.15) is 0 Å². The molecular weight excluding hydrogens is 411 g/mol. The summed E-state index contributed by atoms with van der Waals surface area (Å²) < 4.78 is 18.9. The standard InChI is InChI=1S/C25H27FN2O4/c1-4-16-32-20-12-8-17(9-13-20)22-21(23(29)18-6-10-19(26)11-7-18)24(30)25(31)28(22)15-5-14-27(2)3/h4,6-13,22,29H,1,5,14-16H2,2-3H3/b23-21-. The van der Waals surface area contributed by atoms with Gasteiger partial charge in [-0.05, 0) is 69.0 Å². The van der Waals surface area contributed by atoms with Crippen LogP contribution in [0, 0.1) is 5.82 Å². The van der Waals surface area contributed by atoms with Crippen LogP contribution in [0.3, 0.4) is 0 Å². The maximum absolute atomic E-state index is 13.4. The van der Waals surface area contributed by atoms with E-state index < -0.39 is 23.5 Å². The van der Waals surface area contributed by atoms with Crippen molar-refractivity contribution in [1.82, 2.24) is 9.80 Å². The molecule has 6 nitrogen and oxygen atoms in total. The van der Waals surface area contributed by atoms with Gasteiger partial charge in [0.25, 0.3) is 11.7 Å². The highest BCUT2D eigenvalue weighted by atomic mass is 19.1. The van der Waals surface area contributed by atoms with Crippen LogP contribution in [0.15, 0.2) is 66.8 Å². The number of hydrogen-bond donors (Lipinski definition) is 1. The smallest absolute Gasteiger partial charge is 0.295 e. The molecule has 0 spiro atoms. The molecule has 1 fully saturated rings. The minimum absolute atomic E-state index is 0.00813. The Kier molecular flexibility index (Phi) is 7.43. The monoisotopic (exact) mass is 438 g/mol. The number of carbonyl (C=O) groups excluding carboxylic acids is 2. The lowest BCUT2D eigenvalue weighted by Crippen LogP contribution is -2.32. The third-order valence-electron chi connectivity index (χ3n) is 5.23. The van der Waals surface area contributed by atoms with Gasteiger partial charge in [-0.15, -0.1) is 0 Å². The van der Waals surface area contributed by atoms with Crippen molar-refractivity contribution in [2.24, 2.45) is 0 Å². The number of aliphatic hydroxyl groups is 1. The predicted molar refractivity (Wildman–Crippen MR) is 121 cm³/mol. The number of rotatable bonds is 9. The average Bonchev–Trinajstić information content (AvgIpc) is 3.03. The third kappa shape index (κ3) is 5.06. The van der Waals surface area contributed by atoms with E-state index in [9.17, 15) is 19.1 Å². The van der Waals surface area contributed by atoms with E-state index in [0.29, 0.717) is 30.9 Å². The Morgan fingerprint density at radius 1 is 1.16 bits per heavy atom. The molecule has 168 valence electrons. The highest BCUT2D eigenvalue weighted by Gasteiger charge is 2.45. The summed E-state index contributed by atoms with van der Waals surface area (Å²) in [5.41, 5.74) is 0.934. The van der Waals surface area contributed by atoms with Gasteiger partial charge in [-0.3, -0.25) is 9.59 Å². The van der Waals surface area contributed by atoms with E-state index >= 15 is 0 Å². The average molecular weight is 438 g/mol. The van der Waals surface area contributed by atoms with Gasteiger partial charge in [-0.25, -0.2) is 4.39 Å². The van der Waals surface area contributed by atoms with Gasteiger partial charge in [0.05, 0.1) is 11.6 Å². The summed E-state index contributed by atoms with van der Waals surface area (Å²) in [6.07, 6.45) is 2.30. The quantitative estimate of drug-likeness (QED) is 0.279. The van der Waals surface area contributed by atoms with E-state index in [-0.39, 0.29) is 16.9 Å². The SMILES string of the molecule is C=CCOc1ccc(C2/C(=C(/O)c3ccc(F)cc3)C(=O)C(=O)N2CCCN(C)C)cc1. The Morgan fingerprint density at radius 2 is 1.81 bits per heavy atom. The van der Waals surface area contributed by atoms with Crippen molar-refractivity contribution < 1.29 is 23.8 Å². The maximum atomic E-state index is 13.4. The fraction of sp³-hybridized carbons (Fsp3) is 0.280. The van der Waals surface area contributed by atoms with E-state index in [1.165, 1.54) is 29.2 Å². The van der Waals surface area contributed by atoms with Crippen molar-refractivity contribution in [3.8, 4) is 5.75 Å². The zero-order valence-electron chi connectivity index (χ0n) is 18.3. The first-order chi connectivity index (χ1) is 15.3. The Morgan fingerprint density at radius 3 is 2.41 bits per heavy atom. The van der Waals surface area contributed by atoms with Crippen LogP contribution >= 0.6 is 0 Å². The molecule has 0 aromatic heterocycles. The molecule has 1 heterocycles. The molecule has 0 saturated carbocycles. The third-order valence-corrected chi connectivity index (χ3v) is 5.23. The minimum Gasteiger partial charge on any atom is -0.507 e. The number of likely N-dealkylation sites (tertiary alicyclic amines) is 1. The summed E-state index contributed by atoms with van der Waals surface area (Å²) in [7, 11) is 3.87. The highest BCUT2D eigenvalue weighted by molar-refractivity contribution is 6.46. The van der Waals surface area contributed by atoms with E-state index in [1.54, 1.807) is 30.3 Å². The summed E-state index contributed by atoms with van der Waals surface area (Å²) in [6, 6.07) is 11.4. The molecule has 32 heavy (non-hydrogen) atoms. The van der Waals surface area contributed by atoms with E-state index in [0.717, 1.165) is 6.54 Å². The van der Waals surface area contributed by atoms with Crippen LogP contribution in [-0.2, 0) is 9.59 Å². The molecule has 1 unspecified atom stereocenters. The summed E-state index contributed by atoms with van der Waals surface area (Å²) in [6.45, 7) is 5.06. The van der Waals surface area contributed by atoms with Crippen LogP contribution in [0.4, 0.5) is 4.39 Å². The number of aliphatic hydroxyl groups excluding tert-OH is 1. The number of ketones is 1. The fourth-order valence-electron chi connectivity index (χ4n) is 3.68. The second kappa shape index (κ2) is 10.2. The maximum Gasteiger partial charge on any atom is 0.295 e. The predicted octanol–water partition coefficient (Wildman–Crippen LogP) is 3.76. The minimum atomic E-state index is -0.756. The second-order valence-electron chi connectivity index (χ2n) is 7.82. The molecule has 1 amide bonds. The Hall–Kier alpha value is -3.45. The topological polar surface area (TPSA) is 70.1 Å². The van der Waals surface area contributed by atoms with Gasteiger partial charge in [-0.1, -0.05) is 24.8 Å². The summed E-state index contributed by atoms with van der Waals surface area (Å²) in [5, 5.41) is 10.9. The molecule has 1 atom stereocenters. The molecule has 2 aromatic carbocycles. The van der Waals surface area contributed by atoms with Crippen LogP contribution in [0.2, 0.25) is 0 Å². The number of hydrogen-bond acceptors (Lipinski definition) is 5. The first-order valence-electron chi connectivity index (χ1n) is 10.4. The number of ether oxygens (including phenoxy) is 1. The van der Waals surface area contributed by atoms with E-state index in [4.69, 9.17) is 4.74 Å². The van der Waals surface area contributed by atoms with Crippen molar-refractivity contribution >= 4 is 17.4 Å². The molecule has 0 bridgehead atoms. The van der Waals surface area contributed by atoms with Crippen LogP contribution < -0.4 is 4.74 Å². The molecule has 1 N–H and O–H groups in total. The first kappa shape index (κ1) is 23.2. The van der Waals surface area contributed by atoms with Crippen LogP contribution in [0.25, 0.3) is 5.76 Å². The van der Waals surface area contributed by atoms with E-state index in [1.807, 2.05) is 19.0 Å². The van der Waals surface area contributed by atoms with Crippen LogP contribution in [0.5, 0.6) is 5.75 Å². The number of halogens is 1. The zero-order valence-corrected chi connectivity index (χ0v) is 18.3. The molecule has 2 aromatic rings. The van der Waals surface area contributed by atoms with Crippen molar-refractivity contribution in [3.05, 3.63) is 83.7 Å². The molecule has 0 radical (unpaired) electrons. The van der Waals surface area contributed by atoms with Gasteiger partial charge in [0.1, 0.15) is 23.9 Å².